The molecule has 2 rings (SSSR count). The molecule has 0 saturated carbocycles. The maximum absolute atomic E-state index is 12.4. The van der Waals surface area contributed by atoms with Crippen LogP contribution in [-0.2, 0) is 16.0 Å². The first-order chi connectivity index (χ1) is 10.5. The van der Waals surface area contributed by atoms with Crippen molar-refractivity contribution in [2.24, 2.45) is 0 Å². The molecule has 1 saturated heterocycles. The van der Waals surface area contributed by atoms with Crippen molar-refractivity contribution in [2.75, 3.05) is 33.4 Å². The molecule has 1 aliphatic heterocycles. The lowest BCUT2D eigenvalue weighted by Crippen LogP contribution is -2.58. The van der Waals surface area contributed by atoms with Crippen LogP contribution in [-0.4, -0.2) is 71.3 Å². The Bertz CT molecular complexity index is 479. The van der Waals surface area contributed by atoms with Gasteiger partial charge in [0.25, 0.3) is 0 Å². The van der Waals surface area contributed by atoms with Crippen LogP contribution in [0.1, 0.15) is 32.0 Å². The van der Waals surface area contributed by atoms with E-state index in [2.05, 4.69) is 28.9 Å². The lowest BCUT2D eigenvalue weighted by Gasteiger charge is -2.44. The van der Waals surface area contributed by atoms with Gasteiger partial charge in [-0.2, -0.15) is 4.98 Å². The summed E-state index contributed by atoms with van der Waals surface area (Å²) in [6.45, 7) is 9.32. The van der Waals surface area contributed by atoms with Gasteiger partial charge in [0.2, 0.25) is 11.8 Å². The zero-order valence-electron chi connectivity index (χ0n) is 13.9. The van der Waals surface area contributed by atoms with E-state index in [4.69, 9.17) is 9.26 Å². The number of methoxy groups -OCH3 is 1. The highest BCUT2D eigenvalue weighted by Crippen LogP contribution is 2.17. The summed E-state index contributed by atoms with van der Waals surface area (Å²) in [7, 11) is 1.73. The number of carbonyl (C=O) groups excluding carboxylic acids is 1. The van der Waals surface area contributed by atoms with Gasteiger partial charge < -0.3 is 14.2 Å². The summed E-state index contributed by atoms with van der Waals surface area (Å²) < 4.78 is 10.0. The maximum Gasteiger partial charge on any atom is 0.230 e. The molecule has 1 fully saturated rings. The SMILES string of the molecule is COCCCN1C(C)CN(C(=O)Cc2noc(C)n2)CC1C. The Morgan fingerprint density at radius 3 is 2.59 bits per heavy atom. The summed E-state index contributed by atoms with van der Waals surface area (Å²) in [5.74, 6) is 1.02. The van der Waals surface area contributed by atoms with Crippen LogP contribution in [0.15, 0.2) is 4.52 Å². The molecule has 1 aromatic rings. The van der Waals surface area contributed by atoms with Crippen LogP contribution in [0.2, 0.25) is 0 Å². The van der Waals surface area contributed by atoms with Gasteiger partial charge in [0.05, 0.1) is 6.42 Å². The Morgan fingerprint density at radius 1 is 1.36 bits per heavy atom. The van der Waals surface area contributed by atoms with Crippen molar-refractivity contribution < 1.29 is 14.1 Å². The molecule has 1 amide bonds. The van der Waals surface area contributed by atoms with Gasteiger partial charge in [0.1, 0.15) is 0 Å². The summed E-state index contributed by atoms with van der Waals surface area (Å²) in [5, 5.41) is 3.80. The van der Waals surface area contributed by atoms with E-state index in [1.54, 1.807) is 14.0 Å². The number of aromatic nitrogens is 2. The van der Waals surface area contributed by atoms with Crippen molar-refractivity contribution in [1.29, 1.82) is 0 Å². The fourth-order valence-corrected chi connectivity index (χ4v) is 3.05. The smallest absolute Gasteiger partial charge is 0.230 e. The van der Waals surface area contributed by atoms with Gasteiger partial charge in [-0.1, -0.05) is 5.16 Å². The number of ether oxygens (including phenoxy) is 1. The number of hydrogen-bond acceptors (Lipinski definition) is 6. The van der Waals surface area contributed by atoms with Gasteiger partial charge in [-0.25, -0.2) is 0 Å². The number of carbonyl (C=O) groups is 1. The van der Waals surface area contributed by atoms with E-state index in [1.165, 1.54) is 0 Å². The molecule has 124 valence electrons. The highest BCUT2D eigenvalue weighted by Gasteiger charge is 2.31. The number of hydrogen-bond donors (Lipinski definition) is 0. The molecule has 22 heavy (non-hydrogen) atoms. The van der Waals surface area contributed by atoms with Crippen molar-refractivity contribution in [2.45, 2.75) is 45.7 Å². The van der Waals surface area contributed by atoms with Crippen molar-refractivity contribution >= 4 is 5.91 Å². The molecule has 0 spiro atoms. The number of nitrogens with zero attached hydrogens (tertiary/aromatic N) is 4. The van der Waals surface area contributed by atoms with Crippen molar-refractivity contribution in [3.8, 4) is 0 Å². The summed E-state index contributed by atoms with van der Waals surface area (Å²) in [4.78, 5) is 20.9. The first kappa shape index (κ1) is 16.9. The Balaban J connectivity index is 1.88. The Hall–Kier alpha value is -1.47. The molecule has 0 N–H and O–H groups in total. The molecule has 0 aromatic carbocycles. The highest BCUT2D eigenvalue weighted by atomic mass is 16.5. The standard InChI is InChI=1S/C15H26N4O3/c1-11-9-18(10-12(2)19(11)6-5-7-21-4)15(20)8-14-16-13(3)22-17-14/h11-12H,5-10H2,1-4H3. The molecular formula is C15H26N4O3. The molecule has 0 aliphatic carbocycles. The van der Waals surface area contributed by atoms with Crippen LogP contribution in [0.3, 0.4) is 0 Å². The average molecular weight is 310 g/mol. The van der Waals surface area contributed by atoms with E-state index in [0.717, 1.165) is 32.7 Å². The van der Waals surface area contributed by atoms with Crippen molar-refractivity contribution in [3.05, 3.63) is 11.7 Å². The predicted molar refractivity (Wildman–Crippen MR) is 81.4 cm³/mol. The van der Waals surface area contributed by atoms with Crippen LogP contribution in [0.4, 0.5) is 0 Å². The highest BCUT2D eigenvalue weighted by molar-refractivity contribution is 5.78. The fraction of sp³-hybridized carbons (Fsp3) is 0.800. The normalized spacial score (nSPS) is 23.0. The molecule has 0 bridgehead atoms. The zero-order chi connectivity index (χ0) is 16.1. The maximum atomic E-state index is 12.4. The van der Waals surface area contributed by atoms with E-state index in [-0.39, 0.29) is 12.3 Å². The first-order valence-corrected chi connectivity index (χ1v) is 7.83. The first-order valence-electron chi connectivity index (χ1n) is 7.83. The number of aryl methyl sites for hydroxylation is 1. The molecule has 2 unspecified atom stereocenters. The largest absolute Gasteiger partial charge is 0.385 e. The van der Waals surface area contributed by atoms with E-state index in [1.807, 2.05) is 4.90 Å². The number of piperazine rings is 1. The van der Waals surface area contributed by atoms with Crippen LogP contribution in [0.5, 0.6) is 0 Å². The van der Waals surface area contributed by atoms with Gasteiger partial charge in [-0.3, -0.25) is 9.69 Å². The quantitative estimate of drug-likeness (QED) is 0.726. The summed E-state index contributed by atoms with van der Waals surface area (Å²) in [5.41, 5.74) is 0. The third kappa shape index (κ3) is 4.27. The summed E-state index contributed by atoms with van der Waals surface area (Å²) in [6, 6.07) is 0.688. The second-order valence-corrected chi connectivity index (χ2v) is 5.99. The summed E-state index contributed by atoms with van der Waals surface area (Å²) in [6.07, 6.45) is 1.22. The molecule has 0 radical (unpaired) electrons. The van der Waals surface area contributed by atoms with Gasteiger partial charge in [-0.05, 0) is 20.3 Å². The molecule has 7 heteroatoms. The monoisotopic (exact) mass is 310 g/mol. The molecular weight excluding hydrogens is 284 g/mol. The van der Waals surface area contributed by atoms with Gasteiger partial charge >= 0.3 is 0 Å². The van der Waals surface area contributed by atoms with Crippen molar-refractivity contribution in [3.63, 3.8) is 0 Å². The predicted octanol–water partition coefficient (Wildman–Crippen LogP) is 0.878. The molecule has 2 heterocycles. The lowest BCUT2D eigenvalue weighted by atomic mass is 10.1. The van der Waals surface area contributed by atoms with Crippen LogP contribution < -0.4 is 0 Å². The minimum atomic E-state index is 0.0658. The van der Waals surface area contributed by atoms with E-state index < -0.39 is 0 Å². The zero-order valence-corrected chi connectivity index (χ0v) is 13.9. The minimum Gasteiger partial charge on any atom is -0.385 e. The van der Waals surface area contributed by atoms with E-state index in [9.17, 15) is 4.79 Å². The second-order valence-electron chi connectivity index (χ2n) is 5.99. The van der Waals surface area contributed by atoms with E-state index in [0.29, 0.717) is 23.8 Å². The number of amides is 1. The van der Waals surface area contributed by atoms with Gasteiger partial charge in [-0.15, -0.1) is 0 Å². The van der Waals surface area contributed by atoms with Gasteiger partial charge in [0, 0.05) is 52.4 Å². The minimum absolute atomic E-state index is 0.0658. The Labute approximate surface area is 131 Å². The molecule has 1 aliphatic rings. The Morgan fingerprint density at radius 2 is 2.05 bits per heavy atom. The van der Waals surface area contributed by atoms with Crippen LogP contribution in [0, 0.1) is 6.92 Å². The van der Waals surface area contributed by atoms with Gasteiger partial charge in [0.15, 0.2) is 5.82 Å². The Kier molecular flexibility index (Phi) is 5.90. The summed E-state index contributed by atoms with van der Waals surface area (Å²) >= 11 is 0. The number of rotatable bonds is 6. The fourth-order valence-electron chi connectivity index (χ4n) is 3.05. The molecule has 7 nitrogen and oxygen atoms in total. The second kappa shape index (κ2) is 7.69. The molecule has 2 atom stereocenters. The lowest BCUT2D eigenvalue weighted by molar-refractivity contribution is -0.135. The third-order valence-corrected chi connectivity index (χ3v) is 4.10. The van der Waals surface area contributed by atoms with Crippen LogP contribution >= 0.6 is 0 Å². The van der Waals surface area contributed by atoms with Crippen molar-refractivity contribution in [1.82, 2.24) is 19.9 Å². The third-order valence-electron chi connectivity index (χ3n) is 4.10. The average Bonchev–Trinajstić information content (AvgIpc) is 2.87. The van der Waals surface area contributed by atoms with E-state index >= 15 is 0 Å². The molecule has 1 aromatic heterocycles. The topological polar surface area (TPSA) is 71.7 Å². The van der Waals surface area contributed by atoms with Crippen LogP contribution in [0.25, 0.3) is 0 Å².